The normalized spacial score (nSPS) is 14.7. The number of allylic oxidation sites excluding steroid dienone is 3. The summed E-state index contributed by atoms with van der Waals surface area (Å²) in [5.41, 5.74) is 9.25. The third-order valence-electron chi connectivity index (χ3n) is 5.49. The van der Waals surface area contributed by atoms with Gasteiger partial charge in [-0.3, -0.25) is 9.36 Å². The topological polar surface area (TPSA) is 162 Å². The number of benzene rings is 1. The largest absolute Gasteiger partial charge is 1.00 e. The fourth-order valence-electron chi connectivity index (χ4n) is 3.38. The molecule has 10 nitrogen and oxygen atoms in total. The minimum Gasteiger partial charge on any atom is -0.483 e. The molecule has 0 bridgehead atoms. The van der Waals surface area contributed by atoms with Gasteiger partial charge >= 0.3 is 51.4 Å². The molecule has 36 heavy (non-hydrogen) atoms. The van der Waals surface area contributed by atoms with E-state index in [2.05, 4.69) is 27.9 Å². The zero-order valence-corrected chi connectivity index (χ0v) is 23.7. The smallest absolute Gasteiger partial charge is 0.483 e. The van der Waals surface area contributed by atoms with Crippen LogP contribution in [0.25, 0.3) is 16.9 Å². The van der Waals surface area contributed by atoms with E-state index in [9.17, 15) is 10.4 Å². The van der Waals surface area contributed by atoms with Crippen molar-refractivity contribution in [2.24, 2.45) is 11.1 Å². The maximum absolute atomic E-state index is 10.2. The number of imidazole rings is 1. The van der Waals surface area contributed by atoms with Gasteiger partial charge < -0.3 is 26.6 Å². The number of nitriles is 1. The van der Waals surface area contributed by atoms with Gasteiger partial charge in [-0.05, 0) is 44.9 Å². The van der Waals surface area contributed by atoms with Gasteiger partial charge in [-0.15, -0.1) is 12.3 Å². The van der Waals surface area contributed by atoms with Crippen LogP contribution in [-0.2, 0) is 4.79 Å². The van der Waals surface area contributed by atoms with E-state index in [0.29, 0.717) is 29.4 Å². The second-order valence-corrected chi connectivity index (χ2v) is 8.30. The Labute approximate surface area is 252 Å². The molecule has 0 spiro atoms. The van der Waals surface area contributed by atoms with E-state index < -0.39 is 6.10 Å². The van der Waals surface area contributed by atoms with E-state index in [4.69, 9.17) is 20.6 Å². The van der Waals surface area contributed by atoms with Gasteiger partial charge in [-0.25, -0.2) is 9.97 Å². The minimum absolute atomic E-state index is 0. The zero-order valence-electron chi connectivity index (χ0n) is 20.6. The molecule has 1 aliphatic rings. The third kappa shape index (κ3) is 7.64. The summed E-state index contributed by atoms with van der Waals surface area (Å²) < 4.78 is 1.90. The Kier molecular flexibility index (Phi) is 11.1. The molecule has 1 aromatic carbocycles. The number of nitrogens with zero attached hydrogens (tertiary/aromatic N) is 4. The van der Waals surface area contributed by atoms with Crippen molar-refractivity contribution >= 4 is 29.0 Å². The predicted molar refractivity (Wildman–Crippen MR) is 133 cm³/mol. The van der Waals surface area contributed by atoms with E-state index in [-0.39, 0.29) is 63.3 Å². The van der Waals surface area contributed by atoms with Crippen LogP contribution in [-0.4, -0.2) is 37.8 Å². The number of aromatic nitrogens is 3. The van der Waals surface area contributed by atoms with Gasteiger partial charge in [-0.1, -0.05) is 23.5 Å². The van der Waals surface area contributed by atoms with Crippen molar-refractivity contribution in [1.82, 2.24) is 14.5 Å². The Morgan fingerprint density at radius 2 is 2.11 bits per heavy atom. The molecular weight excluding hydrogens is 485 g/mol. The van der Waals surface area contributed by atoms with E-state index in [1.54, 1.807) is 25.4 Å². The van der Waals surface area contributed by atoms with E-state index >= 15 is 0 Å². The number of nitrogens with two attached hydrogens (primary N) is 1. The van der Waals surface area contributed by atoms with Gasteiger partial charge in [0.1, 0.15) is 18.0 Å². The molecule has 1 aliphatic carbocycles. The fraction of sp³-hybridized carbons (Fsp3) is 0.280. The van der Waals surface area contributed by atoms with Crippen LogP contribution < -0.4 is 67.8 Å². The van der Waals surface area contributed by atoms with Crippen LogP contribution in [0.4, 0.5) is 11.5 Å². The molecule has 1 saturated carbocycles. The number of anilines is 2. The molecule has 0 radical (unpaired) electrons. The summed E-state index contributed by atoms with van der Waals surface area (Å²) in [5.74, 6) is 1.26. The average Bonchev–Trinajstić information content (AvgIpc) is 3.50. The first kappa shape index (κ1) is 29.5. The van der Waals surface area contributed by atoms with Gasteiger partial charge in [0.05, 0.1) is 28.6 Å². The molecule has 11 heteroatoms. The van der Waals surface area contributed by atoms with Gasteiger partial charge in [0.2, 0.25) is 0 Å². The standard InChI is InChI=1S/C24H26N7O.CH2O2.K/c1-16(26)4-3-11-27-18-5-7-21-20(12-18)29-15-31(21)22-8-6-19(17(2)32)23(30-22)28-14-24(13-25)9-10-24;2-1-3;/h3-8,12,15,17,27,32H,9-10,14,26H2,1-2H3,(H,28,30);1H,(H,2,3);/q-1;;+1/b16-4-;;. The second kappa shape index (κ2) is 13.5. The predicted octanol–water partition coefficient (Wildman–Crippen LogP) is 0.486. The SMILES string of the molecule is C/C(N)=C/C=[C-]Nc1ccc2c(c1)ncn2-c1ccc(C(C)O)c(NCC2(C#N)CC2)n1.O=CO.[K+]. The maximum Gasteiger partial charge on any atom is 1.00 e. The fourth-order valence-corrected chi connectivity index (χ4v) is 3.38. The Hall–Kier alpha value is -2.72. The molecule has 1 atom stereocenters. The minimum atomic E-state index is -0.674. The summed E-state index contributed by atoms with van der Waals surface area (Å²) in [6.45, 7) is 3.78. The Bertz CT molecular complexity index is 1290. The number of carboxylic acid groups (broad SMARTS) is 1. The van der Waals surface area contributed by atoms with Crippen LogP contribution >= 0.6 is 0 Å². The molecule has 2 heterocycles. The van der Waals surface area contributed by atoms with Crippen molar-refractivity contribution in [3.05, 3.63) is 66.3 Å². The number of nitrogens with one attached hydrogen (secondary N) is 2. The summed E-state index contributed by atoms with van der Waals surface area (Å²) >= 11 is 0. The first-order chi connectivity index (χ1) is 16.8. The molecule has 2 aromatic heterocycles. The van der Waals surface area contributed by atoms with Crippen molar-refractivity contribution < 1.29 is 66.4 Å². The van der Waals surface area contributed by atoms with Crippen molar-refractivity contribution in [3.8, 4) is 11.9 Å². The molecular formula is C25H28KN7O3. The average molecular weight is 514 g/mol. The molecule has 182 valence electrons. The summed E-state index contributed by atoms with van der Waals surface area (Å²) in [5, 5.41) is 32.8. The monoisotopic (exact) mass is 513 g/mol. The van der Waals surface area contributed by atoms with Gasteiger partial charge in [0.25, 0.3) is 6.47 Å². The summed E-state index contributed by atoms with van der Waals surface area (Å²) in [6.07, 6.45) is 9.26. The molecule has 0 saturated heterocycles. The van der Waals surface area contributed by atoms with Crippen LogP contribution in [0.15, 0.2) is 54.5 Å². The molecule has 1 unspecified atom stereocenters. The van der Waals surface area contributed by atoms with E-state index in [0.717, 1.165) is 29.6 Å². The summed E-state index contributed by atoms with van der Waals surface area (Å²) in [6, 6.07) is 11.9. The van der Waals surface area contributed by atoms with E-state index in [1.165, 1.54) is 0 Å². The molecule has 0 aliphatic heterocycles. The number of pyridine rings is 1. The molecule has 4 rings (SSSR count). The number of aliphatic hydroxyl groups excluding tert-OH is 1. The van der Waals surface area contributed by atoms with Crippen molar-refractivity contribution in [2.45, 2.75) is 32.8 Å². The maximum atomic E-state index is 10.2. The zero-order chi connectivity index (χ0) is 25.4. The number of hydrogen-bond donors (Lipinski definition) is 5. The Balaban J connectivity index is 0.00000109. The first-order valence-electron chi connectivity index (χ1n) is 11.0. The van der Waals surface area contributed by atoms with Crippen molar-refractivity contribution in [1.29, 1.82) is 5.26 Å². The van der Waals surface area contributed by atoms with Crippen molar-refractivity contribution in [3.63, 3.8) is 0 Å². The molecule has 1 fully saturated rings. The molecule has 0 amide bonds. The van der Waals surface area contributed by atoms with E-state index in [1.807, 2.05) is 41.8 Å². The number of carbonyl (C=O) groups is 1. The van der Waals surface area contributed by atoms with Crippen LogP contribution in [0.2, 0.25) is 0 Å². The number of rotatable bonds is 8. The second-order valence-electron chi connectivity index (χ2n) is 8.30. The van der Waals surface area contributed by atoms with Crippen molar-refractivity contribution in [2.75, 3.05) is 17.2 Å². The van der Waals surface area contributed by atoms with Crippen LogP contribution in [0.1, 0.15) is 38.4 Å². The van der Waals surface area contributed by atoms with Gasteiger partial charge in [0, 0.05) is 12.1 Å². The molecule has 3 aromatic rings. The third-order valence-corrected chi connectivity index (χ3v) is 5.49. The van der Waals surface area contributed by atoms with Crippen LogP contribution in [0, 0.1) is 22.9 Å². The quantitative estimate of drug-likeness (QED) is 0.0948. The van der Waals surface area contributed by atoms with Crippen LogP contribution in [0.3, 0.4) is 0 Å². The Morgan fingerprint density at radius 3 is 2.72 bits per heavy atom. The first-order valence-corrected chi connectivity index (χ1v) is 11.0. The summed E-state index contributed by atoms with van der Waals surface area (Å²) in [4.78, 5) is 17.6. The molecule has 6 N–H and O–H groups in total. The van der Waals surface area contributed by atoms with Gasteiger partial charge in [0.15, 0.2) is 0 Å². The van der Waals surface area contributed by atoms with Crippen LogP contribution in [0.5, 0.6) is 0 Å². The number of aliphatic hydroxyl groups is 1. The van der Waals surface area contributed by atoms with Gasteiger partial charge in [-0.2, -0.15) is 11.3 Å². The Morgan fingerprint density at radius 1 is 1.39 bits per heavy atom. The summed E-state index contributed by atoms with van der Waals surface area (Å²) in [7, 11) is 0. The number of hydrogen-bond acceptors (Lipinski definition) is 8. The number of fused-ring (bicyclic) bond motifs is 1.